The first kappa shape index (κ1) is 20.0. The van der Waals surface area contributed by atoms with Gasteiger partial charge in [0.15, 0.2) is 5.96 Å². The molecule has 0 fully saturated rings. The molecule has 0 saturated heterocycles. The zero-order valence-corrected chi connectivity index (χ0v) is 15.6. The summed E-state index contributed by atoms with van der Waals surface area (Å²) < 4.78 is 5.64. The number of nitrogens with one attached hydrogen (secondary N) is 2. The fourth-order valence-corrected chi connectivity index (χ4v) is 1.82. The normalized spacial score (nSPS) is 9.48. The van der Waals surface area contributed by atoms with Gasteiger partial charge in [-0.1, -0.05) is 19.1 Å². The van der Waals surface area contributed by atoms with Crippen LogP contribution in [-0.4, -0.2) is 32.2 Å². The summed E-state index contributed by atoms with van der Waals surface area (Å²) in [6.07, 6.45) is 1.95. The summed E-state index contributed by atoms with van der Waals surface area (Å²) in [6.45, 7) is 9.56. The highest BCUT2D eigenvalue weighted by atomic mass is 127. The molecule has 0 amide bonds. The summed E-state index contributed by atoms with van der Waals surface area (Å²) >= 11 is 0. The molecule has 0 heterocycles. The van der Waals surface area contributed by atoms with Crippen molar-refractivity contribution in [3.8, 4) is 5.75 Å². The van der Waals surface area contributed by atoms with Gasteiger partial charge in [-0.3, -0.25) is 4.99 Å². The lowest BCUT2D eigenvalue weighted by molar-refractivity contribution is 0.317. The molecule has 0 bridgehead atoms. The SMILES string of the molecule is CCCOc1cccc(CCN=C(NCC)NCC)c1.I. The second-order valence-corrected chi connectivity index (χ2v) is 4.54. The van der Waals surface area contributed by atoms with E-state index < -0.39 is 0 Å². The van der Waals surface area contributed by atoms with Crippen LogP contribution in [-0.2, 0) is 6.42 Å². The van der Waals surface area contributed by atoms with E-state index >= 15 is 0 Å². The number of aliphatic imine (C=N–C) groups is 1. The average Bonchev–Trinajstić information content (AvgIpc) is 2.46. The quantitative estimate of drug-likeness (QED) is 0.397. The molecule has 21 heavy (non-hydrogen) atoms. The third-order valence-electron chi connectivity index (χ3n) is 2.73. The third kappa shape index (κ3) is 8.80. The van der Waals surface area contributed by atoms with E-state index in [1.165, 1.54) is 5.56 Å². The standard InChI is InChI=1S/C16H27N3O.HI/c1-4-12-20-15-9-7-8-14(13-15)10-11-19-16(17-5-2)18-6-3;/h7-9,13H,4-6,10-12H2,1-3H3,(H2,17,18,19);1H. The van der Waals surface area contributed by atoms with Crippen molar-refractivity contribution >= 4 is 29.9 Å². The Morgan fingerprint density at radius 2 is 1.86 bits per heavy atom. The lowest BCUT2D eigenvalue weighted by Gasteiger charge is -2.09. The van der Waals surface area contributed by atoms with Crippen molar-refractivity contribution in [3.63, 3.8) is 0 Å². The van der Waals surface area contributed by atoms with Gasteiger partial charge in [0.25, 0.3) is 0 Å². The van der Waals surface area contributed by atoms with Crippen LogP contribution in [0, 0.1) is 0 Å². The van der Waals surface area contributed by atoms with Gasteiger partial charge in [-0.15, -0.1) is 24.0 Å². The van der Waals surface area contributed by atoms with Gasteiger partial charge in [0.05, 0.1) is 6.61 Å². The van der Waals surface area contributed by atoms with Gasteiger partial charge in [-0.05, 0) is 44.4 Å². The predicted molar refractivity (Wildman–Crippen MR) is 101 cm³/mol. The maximum absolute atomic E-state index is 5.64. The highest BCUT2D eigenvalue weighted by Gasteiger charge is 1.98. The highest BCUT2D eigenvalue weighted by Crippen LogP contribution is 2.14. The second kappa shape index (κ2) is 12.7. The molecule has 0 aromatic heterocycles. The molecule has 4 nitrogen and oxygen atoms in total. The lowest BCUT2D eigenvalue weighted by Crippen LogP contribution is -2.37. The maximum Gasteiger partial charge on any atom is 0.191 e. The molecule has 0 aliphatic rings. The molecule has 0 saturated carbocycles. The molecule has 0 aliphatic heterocycles. The first-order valence-electron chi connectivity index (χ1n) is 7.54. The van der Waals surface area contributed by atoms with E-state index in [9.17, 15) is 0 Å². The highest BCUT2D eigenvalue weighted by molar-refractivity contribution is 14.0. The molecule has 1 aromatic carbocycles. The number of nitrogens with zero attached hydrogens (tertiary/aromatic N) is 1. The van der Waals surface area contributed by atoms with Gasteiger partial charge in [0, 0.05) is 19.6 Å². The minimum Gasteiger partial charge on any atom is -0.494 e. The van der Waals surface area contributed by atoms with E-state index in [2.05, 4.69) is 48.5 Å². The predicted octanol–water partition coefficient (Wildman–Crippen LogP) is 3.21. The number of ether oxygens (including phenoxy) is 1. The number of benzene rings is 1. The van der Waals surface area contributed by atoms with Crippen LogP contribution in [0.2, 0.25) is 0 Å². The van der Waals surface area contributed by atoms with Crippen molar-refractivity contribution in [2.24, 2.45) is 4.99 Å². The molecule has 0 aliphatic carbocycles. The Balaban J connectivity index is 0.00000400. The third-order valence-corrected chi connectivity index (χ3v) is 2.73. The Kier molecular flexibility index (Phi) is 12.1. The Hall–Kier alpha value is -0.980. The van der Waals surface area contributed by atoms with Gasteiger partial charge in [-0.25, -0.2) is 0 Å². The largest absolute Gasteiger partial charge is 0.494 e. The van der Waals surface area contributed by atoms with Crippen molar-refractivity contribution in [2.45, 2.75) is 33.6 Å². The van der Waals surface area contributed by atoms with Crippen molar-refractivity contribution in [2.75, 3.05) is 26.2 Å². The van der Waals surface area contributed by atoms with Crippen LogP contribution in [0.3, 0.4) is 0 Å². The van der Waals surface area contributed by atoms with E-state index in [-0.39, 0.29) is 24.0 Å². The molecule has 0 unspecified atom stereocenters. The van der Waals surface area contributed by atoms with Gasteiger partial charge in [0.1, 0.15) is 5.75 Å². The molecule has 5 heteroatoms. The molecule has 0 spiro atoms. The first-order valence-corrected chi connectivity index (χ1v) is 7.54. The van der Waals surface area contributed by atoms with Crippen LogP contribution in [0.1, 0.15) is 32.8 Å². The number of hydrogen-bond acceptors (Lipinski definition) is 2. The monoisotopic (exact) mass is 405 g/mol. The minimum absolute atomic E-state index is 0. The maximum atomic E-state index is 5.64. The van der Waals surface area contributed by atoms with Gasteiger partial charge >= 0.3 is 0 Å². The fourth-order valence-electron chi connectivity index (χ4n) is 1.82. The fraction of sp³-hybridized carbons (Fsp3) is 0.562. The Bertz CT molecular complexity index is 402. The summed E-state index contributed by atoms with van der Waals surface area (Å²) in [7, 11) is 0. The van der Waals surface area contributed by atoms with Gasteiger partial charge in [0.2, 0.25) is 0 Å². The number of rotatable bonds is 8. The van der Waals surface area contributed by atoms with Gasteiger partial charge < -0.3 is 15.4 Å². The summed E-state index contributed by atoms with van der Waals surface area (Å²) in [4.78, 5) is 4.54. The number of hydrogen-bond donors (Lipinski definition) is 2. The second-order valence-electron chi connectivity index (χ2n) is 4.54. The Morgan fingerprint density at radius 3 is 2.48 bits per heavy atom. The Morgan fingerprint density at radius 1 is 1.14 bits per heavy atom. The van der Waals surface area contributed by atoms with Crippen molar-refractivity contribution in [1.82, 2.24) is 10.6 Å². The Labute approximate surface area is 145 Å². The van der Waals surface area contributed by atoms with Crippen LogP contribution >= 0.6 is 24.0 Å². The van der Waals surface area contributed by atoms with Gasteiger partial charge in [-0.2, -0.15) is 0 Å². The molecule has 2 N–H and O–H groups in total. The summed E-state index contributed by atoms with van der Waals surface area (Å²) in [5, 5.41) is 6.45. The minimum atomic E-state index is 0. The zero-order valence-electron chi connectivity index (χ0n) is 13.3. The van der Waals surface area contributed by atoms with Crippen molar-refractivity contribution in [3.05, 3.63) is 29.8 Å². The smallest absolute Gasteiger partial charge is 0.191 e. The van der Waals surface area contributed by atoms with Crippen molar-refractivity contribution < 1.29 is 4.74 Å². The van der Waals surface area contributed by atoms with Crippen LogP contribution in [0.4, 0.5) is 0 Å². The van der Waals surface area contributed by atoms with E-state index in [1.807, 2.05) is 12.1 Å². The van der Waals surface area contributed by atoms with Crippen LogP contribution in [0.5, 0.6) is 5.75 Å². The molecule has 0 atom stereocenters. The summed E-state index contributed by atoms with van der Waals surface area (Å²) in [5.74, 6) is 1.83. The first-order chi connectivity index (χ1) is 9.80. The molecule has 0 radical (unpaired) electrons. The van der Waals surface area contributed by atoms with E-state index in [0.29, 0.717) is 0 Å². The zero-order chi connectivity index (χ0) is 14.6. The van der Waals surface area contributed by atoms with E-state index in [1.54, 1.807) is 0 Å². The molecular formula is C16H28IN3O. The van der Waals surface area contributed by atoms with E-state index in [0.717, 1.165) is 50.8 Å². The topological polar surface area (TPSA) is 45.6 Å². The van der Waals surface area contributed by atoms with Crippen LogP contribution < -0.4 is 15.4 Å². The molecule has 1 aromatic rings. The average molecular weight is 405 g/mol. The van der Waals surface area contributed by atoms with Crippen LogP contribution in [0.15, 0.2) is 29.3 Å². The number of guanidine groups is 1. The molecule has 120 valence electrons. The van der Waals surface area contributed by atoms with Crippen LogP contribution in [0.25, 0.3) is 0 Å². The van der Waals surface area contributed by atoms with Crippen molar-refractivity contribution in [1.29, 1.82) is 0 Å². The molecule has 1 rings (SSSR count). The lowest BCUT2D eigenvalue weighted by atomic mass is 10.1. The number of halogens is 1. The molecular weight excluding hydrogens is 377 g/mol. The summed E-state index contributed by atoms with van der Waals surface area (Å²) in [5.41, 5.74) is 1.26. The summed E-state index contributed by atoms with van der Waals surface area (Å²) in [6, 6.07) is 8.27. The van der Waals surface area contributed by atoms with E-state index in [4.69, 9.17) is 4.74 Å².